The van der Waals surface area contributed by atoms with Crippen LogP contribution in [0.15, 0.2) is 54.9 Å². The van der Waals surface area contributed by atoms with E-state index in [0.717, 1.165) is 67.1 Å². The van der Waals surface area contributed by atoms with Crippen LogP contribution in [0.2, 0.25) is 5.02 Å². The van der Waals surface area contributed by atoms with Gasteiger partial charge in [0.15, 0.2) is 11.2 Å². The Bertz CT molecular complexity index is 1440. The van der Waals surface area contributed by atoms with Gasteiger partial charge in [-0.3, -0.25) is 0 Å². The van der Waals surface area contributed by atoms with Crippen LogP contribution in [0.1, 0.15) is 38.2 Å². The van der Waals surface area contributed by atoms with Gasteiger partial charge in [0.25, 0.3) is 0 Å². The highest BCUT2D eigenvalue weighted by Gasteiger charge is 2.49. The minimum Gasteiger partial charge on any atom is -0.490 e. The second-order valence-corrected chi connectivity index (χ2v) is 11.2. The molecule has 2 aliphatic carbocycles. The van der Waals surface area contributed by atoms with E-state index in [0.29, 0.717) is 28.4 Å². The molecule has 2 saturated carbocycles. The van der Waals surface area contributed by atoms with Crippen LogP contribution in [0.4, 0.5) is 0 Å². The molecule has 36 heavy (non-hydrogen) atoms. The van der Waals surface area contributed by atoms with Crippen molar-refractivity contribution in [2.45, 2.75) is 50.9 Å². The van der Waals surface area contributed by atoms with Crippen LogP contribution < -0.4 is 14.8 Å². The van der Waals surface area contributed by atoms with Gasteiger partial charge >= 0.3 is 0 Å². The van der Waals surface area contributed by atoms with E-state index in [2.05, 4.69) is 38.9 Å². The predicted octanol–water partition coefficient (Wildman–Crippen LogP) is 5.26. The lowest BCUT2D eigenvalue weighted by Gasteiger charge is -2.53. The van der Waals surface area contributed by atoms with Crippen LogP contribution in [-0.4, -0.2) is 44.3 Å². The molecule has 2 aromatic carbocycles. The Labute approximate surface area is 214 Å². The van der Waals surface area contributed by atoms with E-state index in [1.165, 1.54) is 0 Å². The number of hydrogen-bond acceptors (Lipinski definition) is 6. The molecule has 1 spiro atoms. The minimum atomic E-state index is -0.170. The molecule has 7 nitrogen and oxygen atoms in total. The number of benzene rings is 2. The van der Waals surface area contributed by atoms with Gasteiger partial charge in [0.2, 0.25) is 5.88 Å². The van der Waals surface area contributed by atoms with Crippen molar-refractivity contribution in [2.75, 3.05) is 13.1 Å². The molecular formula is C28H28ClN5O2. The molecular weight excluding hydrogens is 474 g/mol. The summed E-state index contributed by atoms with van der Waals surface area (Å²) in [4.78, 5) is 14.0. The molecule has 3 heterocycles. The fraction of sp³-hybridized carbons (Fsp3) is 0.393. The van der Waals surface area contributed by atoms with Crippen LogP contribution in [-0.2, 0) is 6.54 Å². The maximum atomic E-state index is 6.85. The summed E-state index contributed by atoms with van der Waals surface area (Å²) < 4.78 is 14.6. The van der Waals surface area contributed by atoms with Gasteiger partial charge in [-0.25, -0.2) is 9.97 Å². The maximum absolute atomic E-state index is 6.85. The first-order chi connectivity index (χ1) is 17.5. The standard InChI is InChI=1S/C28H28ClN5O2/c1-27(9-10-27)36-26-23-25(31-17-32-26)34(14-18-5-3-2-4-6-18)24(33-23)21-8-7-19(11-22(21)29)35-20-12-28(13-20)15-30-16-28/h2-8,11,17,20,30H,9-10,12-16H2,1H3. The Morgan fingerprint density at radius 1 is 1.08 bits per heavy atom. The van der Waals surface area contributed by atoms with Crippen molar-refractivity contribution in [1.29, 1.82) is 0 Å². The van der Waals surface area contributed by atoms with Crippen molar-refractivity contribution < 1.29 is 9.47 Å². The Morgan fingerprint density at radius 2 is 1.89 bits per heavy atom. The van der Waals surface area contributed by atoms with Crippen molar-refractivity contribution in [2.24, 2.45) is 5.41 Å². The Morgan fingerprint density at radius 3 is 2.58 bits per heavy atom. The maximum Gasteiger partial charge on any atom is 0.245 e. The topological polar surface area (TPSA) is 74.1 Å². The number of rotatable bonds is 7. The SMILES string of the molecule is CC1(Oc2ncnc3c2nc(-c2ccc(OC4CC5(CNC5)C4)cc2Cl)n3Cc2ccccc2)CC1. The van der Waals surface area contributed by atoms with E-state index < -0.39 is 0 Å². The summed E-state index contributed by atoms with van der Waals surface area (Å²) >= 11 is 6.85. The van der Waals surface area contributed by atoms with E-state index in [4.69, 9.17) is 26.1 Å². The summed E-state index contributed by atoms with van der Waals surface area (Å²) in [5.74, 6) is 2.06. The number of fused-ring (bicyclic) bond motifs is 1. The number of hydrogen-bond donors (Lipinski definition) is 1. The highest BCUT2D eigenvalue weighted by molar-refractivity contribution is 6.33. The molecule has 184 valence electrons. The van der Waals surface area contributed by atoms with E-state index in [1.807, 2.05) is 36.4 Å². The molecule has 0 unspecified atom stereocenters. The van der Waals surface area contributed by atoms with Gasteiger partial charge in [-0.2, -0.15) is 4.98 Å². The van der Waals surface area contributed by atoms with Gasteiger partial charge in [-0.1, -0.05) is 41.9 Å². The third-order valence-corrected chi connectivity index (χ3v) is 8.10. The summed E-state index contributed by atoms with van der Waals surface area (Å²) in [6.45, 7) is 4.92. The highest BCUT2D eigenvalue weighted by atomic mass is 35.5. The molecule has 1 saturated heterocycles. The molecule has 0 bridgehead atoms. The third kappa shape index (κ3) is 3.91. The molecule has 0 atom stereocenters. The normalized spacial score (nSPS) is 19.6. The number of nitrogens with zero attached hydrogens (tertiary/aromatic N) is 4. The van der Waals surface area contributed by atoms with Crippen molar-refractivity contribution in [1.82, 2.24) is 24.8 Å². The number of nitrogens with one attached hydrogen (secondary N) is 1. The summed E-state index contributed by atoms with van der Waals surface area (Å²) in [6, 6.07) is 16.2. The van der Waals surface area contributed by atoms with Crippen LogP contribution in [0.5, 0.6) is 11.6 Å². The van der Waals surface area contributed by atoms with Gasteiger partial charge < -0.3 is 19.4 Å². The van der Waals surface area contributed by atoms with Crippen LogP contribution >= 0.6 is 11.6 Å². The van der Waals surface area contributed by atoms with Gasteiger partial charge in [0, 0.05) is 24.1 Å². The summed E-state index contributed by atoms with van der Waals surface area (Å²) in [5, 5.41) is 3.97. The zero-order chi connectivity index (χ0) is 24.3. The monoisotopic (exact) mass is 501 g/mol. The van der Waals surface area contributed by atoms with Gasteiger partial charge in [-0.15, -0.1) is 0 Å². The molecule has 0 amide bonds. The molecule has 4 aromatic rings. The summed E-state index contributed by atoms with van der Waals surface area (Å²) in [6.07, 6.45) is 6.05. The number of imidazole rings is 1. The van der Waals surface area contributed by atoms with Gasteiger partial charge in [-0.05, 0) is 56.4 Å². The van der Waals surface area contributed by atoms with Crippen molar-refractivity contribution in [3.05, 3.63) is 65.4 Å². The molecule has 3 fully saturated rings. The lowest BCUT2D eigenvalue weighted by atomic mass is 9.63. The Hall–Kier alpha value is -3.16. The van der Waals surface area contributed by atoms with Crippen molar-refractivity contribution in [3.8, 4) is 23.0 Å². The van der Waals surface area contributed by atoms with E-state index in [1.54, 1.807) is 6.33 Å². The van der Waals surface area contributed by atoms with E-state index >= 15 is 0 Å². The minimum absolute atomic E-state index is 0.170. The second kappa shape index (κ2) is 8.18. The smallest absolute Gasteiger partial charge is 0.245 e. The fourth-order valence-corrected chi connectivity index (χ4v) is 5.58. The number of halogens is 1. The summed E-state index contributed by atoms with van der Waals surface area (Å²) in [5.41, 5.74) is 3.66. The van der Waals surface area contributed by atoms with E-state index in [-0.39, 0.29) is 11.7 Å². The van der Waals surface area contributed by atoms with Crippen LogP contribution in [0, 0.1) is 5.41 Å². The van der Waals surface area contributed by atoms with E-state index in [9.17, 15) is 0 Å². The van der Waals surface area contributed by atoms with Crippen LogP contribution in [0.3, 0.4) is 0 Å². The molecule has 8 heteroatoms. The first kappa shape index (κ1) is 22.1. The largest absolute Gasteiger partial charge is 0.490 e. The van der Waals surface area contributed by atoms with Gasteiger partial charge in [0.1, 0.15) is 23.5 Å². The molecule has 7 rings (SSSR count). The van der Waals surface area contributed by atoms with Crippen molar-refractivity contribution >= 4 is 22.8 Å². The number of ether oxygens (including phenoxy) is 2. The predicted molar refractivity (Wildman–Crippen MR) is 139 cm³/mol. The average molecular weight is 502 g/mol. The van der Waals surface area contributed by atoms with Crippen molar-refractivity contribution in [3.63, 3.8) is 0 Å². The highest BCUT2D eigenvalue weighted by Crippen LogP contribution is 2.46. The van der Waals surface area contributed by atoms with Crippen LogP contribution in [0.25, 0.3) is 22.6 Å². The zero-order valence-corrected chi connectivity index (χ0v) is 21.0. The third-order valence-electron chi connectivity index (χ3n) is 7.78. The molecule has 1 aliphatic heterocycles. The molecule has 0 radical (unpaired) electrons. The lowest BCUT2D eigenvalue weighted by molar-refractivity contribution is -0.0495. The fourth-order valence-electron chi connectivity index (χ4n) is 5.32. The zero-order valence-electron chi connectivity index (χ0n) is 20.2. The Balaban J connectivity index is 1.25. The van der Waals surface area contributed by atoms with Gasteiger partial charge in [0.05, 0.1) is 17.7 Å². The Kier molecular flexibility index (Phi) is 5.02. The quantitative estimate of drug-likeness (QED) is 0.372. The molecule has 3 aliphatic rings. The molecule has 1 N–H and O–H groups in total. The first-order valence-electron chi connectivity index (χ1n) is 12.6. The first-order valence-corrected chi connectivity index (χ1v) is 13.0. The number of aromatic nitrogens is 4. The second-order valence-electron chi connectivity index (χ2n) is 10.8. The average Bonchev–Trinajstić information content (AvgIpc) is 3.44. The lowest BCUT2D eigenvalue weighted by Crippen LogP contribution is -2.62. The molecule has 2 aromatic heterocycles. The summed E-state index contributed by atoms with van der Waals surface area (Å²) in [7, 11) is 0.